The maximum atomic E-state index is 11.6. The van der Waals surface area contributed by atoms with Gasteiger partial charge >= 0.3 is 5.97 Å². The van der Waals surface area contributed by atoms with Gasteiger partial charge in [0.1, 0.15) is 6.61 Å². The Labute approximate surface area is 111 Å². The molecule has 1 heterocycles. The minimum Gasteiger partial charge on any atom is -0.458 e. The maximum absolute atomic E-state index is 11.6. The van der Waals surface area contributed by atoms with Gasteiger partial charge in [0, 0.05) is 18.4 Å². The van der Waals surface area contributed by atoms with Crippen molar-refractivity contribution >= 4 is 17.3 Å². The molecule has 102 valence electrons. The van der Waals surface area contributed by atoms with Crippen molar-refractivity contribution in [2.45, 2.75) is 20.3 Å². The molecule has 0 radical (unpaired) electrons. The molecule has 6 heteroatoms. The van der Waals surface area contributed by atoms with E-state index in [9.17, 15) is 4.79 Å². The first kappa shape index (κ1) is 15.1. The summed E-state index contributed by atoms with van der Waals surface area (Å²) in [5.41, 5.74) is 5.77. The SMILES string of the molecule is CC(C)COCCOC(=O)c1csc(CCN)n1. The first-order valence-electron chi connectivity index (χ1n) is 6.02. The summed E-state index contributed by atoms with van der Waals surface area (Å²) in [6.07, 6.45) is 0.690. The van der Waals surface area contributed by atoms with Gasteiger partial charge in [-0.05, 0) is 12.5 Å². The van der Waals surface area contributed by atoms with Crippen LogP contribution in [0.5, 0.6) is 0 Å². The van der Waals surface area contributed by atoms with Crippen LogP contribution in [-0.4, -0.2) is 37.3 Å². The molecule has 1 aromatic rings. The highest BCUT2D eigenvalue weighted by Crippen LogP contribution is 2.10. The summed E-state index contributed by atoms with van der Waals surface area (Å²) >= 11 is 1.43. The molecule has 2 N–H and O–H groups in total. The zero-order chi connectivity index (χ0) is 13.4. The lowest BCUT2D eigenvalue weighted by atomic mass is 10.2. The van der Waals surface area contributed by atoms with E-state index in [0.29, 0.717) is 37.8 Å². The summed E-state index contributed by atoms with van der Waals surface area (Å²) in [7, 11) is 0. The number of nitrogens with zero attached hydrogens (tertiary/aromatic N) is 1. The third-order valence-corrected chi connectivity index (χ3v) is 2.94. The molecule has 1 rings (SSSR count). The van der Waals surface area contributed by atoms with E-state index in [1.165, 1.54) is 11.3 Å². The second-order valence-electron chi connectivity index (χ2n) is 4.27. The third kappa shape index (κ3) is 5.57. The van der Waals surface area contributed by atoms with Crippen LogP contribution in [0.15, 0.2) is 5.38 Å². The molecular weight excluding hydrogens is 252 g/mol. The number of carbonyl (C=O) groups excluding carboxylic acids is 1. The molecular formula is C12H20N2O3S. The van der Waals surface area contributed by atoms with Crippen LogP contribution in [-0.2, 0) is 15.9 Å². The van der Waals surface area contributed by atoms with Gasteiger partial charge in [0.15, 0.2) is 5.69 Å². The topological polar surface area (TPSA) is 74.4 Å². The van der Waals surface area contributed by atoms with Gasteiger partial charge in [0.25, 0.3) is 0 Å². The minimum atomic E-state index is -0.400. The molecule has 0 aliphatic rings. The second-order valence-corrected chi connectivity index (χ2v) is 5.21. The normalized spacial score (nSPS) is 10.9. The number of esters is 1. The zero-order valence-corrected chi connectivity index (χ0v) is 11.7. The van der Waals surface area contributed by atoms with E-state index in [1.54, 1.807) is 5.38 Å². The van der Waals surface area contributed by atoms with Gasteiger partial charge in [-0.25, -0.2) is 9.78 Å². The number of rotatable bonds is 8. The van der Waals surface area contributed by atoms with Gasteiger partial charge in [-0.1, -0.05) is 13.8 Å². The summed E-state index contributed by atoms with van der Waals surface area (Å²) in [4.78, 5) is 15.7. The van der Waals surface area contributed by atoms with Crippen LogP contribution in [0.1, 0.15) is 29.3 Å². The van der Waals surface area contributed by atoms with Crippen molar-refractivity contribution in [1.82, 2.24) is 4.98 Å². The first-order valence-corrected chi connectivity index (χ1v) is 6.90. The van der Waals surface area contributed by atoms with E-state index in [0.717, 1.165) is 5.01 Å². The van der Waals surface area contributed by atoms with E-state index in [2.05, 4.69) is 18.8 Å². The fourth-order valence-corrected chi connectivity index (χ4v) is 2.01. The summed E-state index contributed by atoms with van der Waals surface area (Å²) < 4.78 is 10.4. The average Bonchev–Trinajstić information content (AvgIpc) is 2.77. The number of nitrogens with two attached hydrogens (primary N) is 1. The Bertz CT molecular complexity index is 366. The summed E-state index contributed by atoms with van der Waals surface area (Å²) in [5, 5.41) is 2.56. The van der Waals surface area contributed by atoms with Gasteiger partial charge in [0.05, 0.1) is 11.6 Å². The lowest BCUT2D eigenvalue weighted by Gasteiger charge is -2.06. The Morgan fingerprint density at radius 3 is 2.94 bits per heavy atom. The molecule has 0 atom stereocenters. The highest BCUT2D eigenvalue weighted by atomic mass is 32.1. The monoisotopic (exact) mass is 272 g/mol. The molecule has 0 aliphatic heterocycles. The van der Waals surface area contributed by atoms with Gasteiger partial charge < -0.3 is 15.2 Å². The third-order valence-electron chi connectivity index (χ3n) is 2.03. The van der Waals surface area contributed by atoms with E-state index in [4.69, 9.17) is 15.2 Å². The largest absolute Gasteiger partial charge is 0.458 e. The van der Waals surface area contributed by atoms with Crippen LogP contribution in [0.25, 0.3) is 0 Å². The highest BCUT2D eigenvalue weighted by molar-refractivity contribution is 7.09. The fraction of sp³-hybridized carbons (Fsp3) is 0.667. The molecule has 5 nitrogen and oxygen atoms in total. The summed E-state index contributed by atoms with van der Waals surface area (Å²) in [5.74, 6) is 0.0840. The number of ether oxygens (including phenoxy) is 2. The van der Waals surface area contributed by atoms with Crippen molar-refractivity contribution in [2.24, 2.45) is 11.7 Å². The van der Waals surface area contributed by atoms with Crippen molar-refractivity contribution in [2.75, 3.05) is 26.4 Å². The Kier molecular flexibility index (Phi) is 6.85. The number of thiazole rings is 1. The molecule has 0 aromatic carbocycles. The van der Waals surface area contributed by atoms with Gasteiger partial charge in [0.2, 0.25) is 0 Å². The van der Waals surface area contributed by atoms with Crippen molar-refractivity contribution in [3.05, 3.63) is 16.1 Å². The Hall–Kier alpha value is -0.980. The quantitative estimate of drug-likeness (QED) is 0.573. The maximum Gasteiger partial charge on any atom is 0.357 e. The number of aromatic nitrogens is 1. The molecule has 18 heavy (non-hydrogen) atoms. The predicted molar refractivity (Wildman–Crippen MR) is 70.8 cm³/mol. The lowest BCUT2D eigenvalue weighted by Crippen LogP contribution is -2.13. The standard InChI is InChI=1S/C12H20N2O3S/c1-9(2)7-16-5-6-17-12(15)10-8-18-11(14-10)3-4-13/h8-9H,3-7,13H2,1-2H3. The Balaban J connectivity index is 2.23. The van der Waals surface area contributed by atoms with Crippen LogP contribution in [0.2, 0.25) is 0 Å². The Morgan fingerprint density at radius 2 is 2.28 bits per heavy atom. The van der Waals surface area contributed by atoms with Gasteiger partial charge in [-0.3, -0.25) is 0 Å². The number of carbonyl (C=O) groups is 1. The summed E-state index contributed by atoms with van der Waals surface area (Å²) in [6.45, 7) is 6.03. The van der Waals surface area contributed by atoms with Crippen LogP contribution in [0, 0.1) is 5.92 Å². The molecule has 1 aromatic heterocycles. The molecule has 0 amide bonds. The predicted octanol–water partition coefficient (Wildman–Crippen LogP) is 1.47. The summed E-state index contributed by atoms with van der Waals surface area (Å²) in [6, 6.07) is 0. The van der Waals surface area contributed by atoms with E-state index in [1.807, 2.05) is 0 Å². The van der Waals surface area contributed by atoms with Gasteiger partial charge in [-0.15, -0.1) is 11.3 Å². The van der Waals surface area contributed by atoms with Gasteiger partial charge in [-0.2, -0.15) is 0 Å². The highest BCUT2D eigenvalue weighted by Gasteiger charge is 2.11. The first-order chi connectivity index (χ1) is 8.63. The van der Waals surface area contributed by atoms with Crippen molar-refractivity contribution in [3.8, 4) is 0 Å². The second kappa shape index (κ2) is 8.18. The minimum absolute atomic E-state index is 0.259. The molecule has 0 saturated carbocycles. The van der Waals surface area contributed by atoms with Crippen LogP contribution in [0.4, 0.5) is 0 Å². The van der Waals surface area contributed by atoms with Crippen LogP contribution < -0.4 is 5.73 Å². The average molecular weight is 272 g/mol. The number of hydrogen-bond acceptors (Lipinski definition) is 6. The molecule has 0 saturated heterocycles. The molecule has 0 unspecified atom stereocenters. The van der Waals surface area contributed by atoms with E-state index < -0.39 is 5.97 Å². The number of hydrogen-bond donors (Lipinski definition) is 1. The van der Waals surface area contributed by atoms with E-state index >= 15 is 0 Å². The van der Waals surface area contributed by atoms with Crippen molar-refractivity contribution in [3.63, 3.8) is 0 Å². The molecule has 0 aliphatic carbocycles. The smallest absolute Gasteiger partial charge is 0.357 e. The molecule has 0 bridgehead atoms. The van der Waals surface area contributed by atoms with Crippen LogP contribution in [0.3, 0.4) is 0 Å². The lowest BCUT2D eigenvalue weighted by molar-refractivity contribution is 0.0273. The Morgan fingerprint density at radius 1 is 1.50 bits per heavy atom. The van der Waals surface area contributed by atoms with E-state index in [-0.39, 0.29) is 6.61 Å². The van der Waals surface area contributed by atoms with Crippen molar-refractivity contribution < 1.29 is 14.3 Å². The molecule has 0 fully saturated rings. The van der Waals surface area contributed by atoms with Crippen LogP contribution >= 0.6 is 11.3 Å². The molecule has 0 spiro atoms. The van der Waals surface area contributed by atoms with Crippen molar-refractivity contribution in [1.29, 1.82) is 0 Å². The zero-order valence-electron chi connectivity index (χ0n) is 10.8. The fourth-order valence-electron chi connectivity index (χ4n) is 1.23.